The summed E-state index contributed by atoms with van der Waals surface area (Å²) in [6.45, 7) is 8.98. The number of alkyl carbamates (subject to hydrolysis) is 1. The Labute approximate surface area is 207 Å². The molecule has 2 saturated carbocycles. The molecular weight excluding hydrogens is 457 g/mol. The Morgan fingerprint density at radius 2 is 1.74 bits per heavy atom. The molecular formula is C25H42FN3O6. The molecule has 2 amide bonds. The van der Waals surface area contributed by atoms with Crippen molar-refractivity contribution in [2.75, 3.05) is 26.9 Å². The van der Waals surface area contributed by atoms with Crippen molar-refractivity contribution in [1.82, 2.24) is 16.2 Å². The van der Waals surface area contributed by atoms with Gasteiger partial charge in [-0.1, -0.05) is 11.6 Å². The molecule has 200 valence electrons. The maximum atomic E-state index is 12.8. The average molecular weight is 500 g/mol. The van der Waals surface area contributed by atoms with E-state index in [1.165, 1.54) is 11.1 Å². The minimum absolute atomic E-state index is 0.00908. The Bertz CT molecular complexity index is 760. The predicted molar refractivity (Wildman–Crippen MR) is 128 cm³/mol. The first-order valence-electron chi connectivity index (χ1n) is 12.6. The molecule has 0 bridgehead atoms. The van der Waals surface area contributed by atoms with Gasteiger partial charge in [-0.15, -0.1) is 10.0 Å². The van der Waals surface area contributed by atoms with Crippen LogP contribution in [0.2, 0.25) is 0 Å². The van der Waals surface area contributed by atoms with Crippen LogP contribution in [-0.2, 0) is 23.7 Å². The van der Waals surface area contributed by atoms with Gasteiger partial charge in [-0.05, 0) is 66.2 Å². The third-order valence-corrected chi connectivity index (χ3v) is 7.50. The van der Waals surface area contributed by atoms with Gasteiger partial charge in [0, 0.05) is 25.1 Å². The van der Waals surface area contributed by atoms with Crippen LogP contribution in [0.25, 0.3) is 0 Å². The first-order chi connectivity index (χ1) is 16.6. The fourth-order valence-electron chi connectivity index (χ4n) is 5.65. The minimum atomic E-state index is -0.540. The number of hydrogen-bond acceptors (Lipinski definition) is 7. The molecule has 1 saturated heterocycles. The van der Waals surface area contributed by atoms with Crippen molar-refractivity contribution >= 4 is 12.0 Å². The highest BCUT2D eigenvalue weighted by Gasteiger charge is 2.64. The fraction of sp³-hybridized carbons (Fsp3) is 0.840. The lowest BCUT2D eigenvalue weighted by Gasteiger charge is -2.47. The summed E-state index contributed by atoms with van der Waals surface area (Å²) in [6.07, 6.45) is 5.13. The van der Waals surface area contributed by atoms with Crippen LogP contribution in [0.15, 0.2) is 11.6 Å². The molecule has 9 nitrogen and oxygen atoms in total. The summed E-state index contributed by atoms with van der Waals surface area (Å²) >= 11 is 0. The van der Waals surface area contributed by atoms with E-state index in [2.05, 4.69) is 24.5 Å². The number of rotatable bonds is 10. The van der Waals surface area contributed by atoms with Crippen molar-refractivity contribution in [2.24, 2.45) is 5.92 Å². The molecule has 3 aliphatic rings. The number of allylic oxidation sites excluding steroid dienone is 1. The third-order valence-electron chi connectivity index (χ3n) is 7.50. The Hall–Kier alpha value is -1.75. The predicted octanol–water partition coefficient (Wildman–Crippen LogP) is 2.94. The molecule has 10 heteroatoms. The van der Waals surface area contributed by atoms with Gasteiger partial charge in [0.15, 0.2) is 0 Å². The second kappa shape index (κ2) is 12.0. The number of epoxide rings is 1. The number of amides is 2. The van der Waals surface area contributed by atoms with E-state index in [-0.39, 0.29) is 42.2 Å². The van der Waals surface area contributed by atoms with Gasteiger partial charge >= 0.3 is 6.09 Å². The number of nitrogens with one attached hydrogen (secondary N) is 3. The quantitative estimate of drug-likeness (QED) is 0.241. The van der Waals surface area contributed by atoms with Crippen molar-refractivity contribution in [3.8, 4) is 0 Å². The average Bonchev–Trinajstić information content (AvgIpc) is 3.55. The summed E-state index contributed by atoms with van der Waals surface area (Å²) in [4.78, 5) is 24.3. The summed E-state index contributed by atoms with van der Waals surface area (Å²) in [5.74, 6) is -0.457. The zero-order chi connectivity index (χ0) is 25.6. The van der Waals surface area contributed by atoms with E-state index in [0.717, 1.165) is 6.42 Å². The van der Waals surface area contributed by atoms with E-state index >= 15 is 0 Å². The van der Waals surface area contributed by atoms with Crippen molar-refractivity contribution in [1.29, 1.82) is 0 Å². The summed E-state index contributed by atoms with van der Waals surface area (Å²) in [6, 6.07) is -0.0394. The van der Waals surface area contributed by atoms with E-state index in [0.29, 0.717) is 45.3 Å². The topological polar surface area (TPSA) is 110 Å². The molecule has 0 aromatic heterocycles. The normalized spacial score (nSPS) is 32.6. The Balaban J connectivity index is 1.54. The van der Waals surface area contributed by atoms with Crippen molar-refractivity contribution in [3.05, 3.63) is 11.6 Å². The number of methoxy groups -OCH3 is 1. The lowest BCUT2D eigenvalue weighted by molar-refractivity contribution is -0.172. The number of hydrogen-bond donors (Lipinski definition) is 3. The Kier molecular flexibility index (Phi) is 9.53. The molecule has 2 aliphatic carbocycles. The zero-order valence-electron chi connectivity index (χ0n) is 21.7. The first kappa shape index (κ1) is 27.8. The van der Waals surface area contributed by atoms with Crippen molar-refractivity contribution in [3.63, 3.8) is 0 Å². The van der Waals surface area contributed by atoms with Gasteiger partial charge in [0.05, 0.1) is 24.4 Å². The number of carbonyl (C=O) groups is 2. The Morgan fingerprint density at radius 1 is 1.11 bits per heavy atom. The molecule has 3 rings (SSSR count). The number of ether oxygens (including phenoxy) is 4. The van der Waals surface area contributed by atoms with Crippen LogP contribution in [0.4, 0.5) is 9.28 Å². The monoisotopic (exact) mass is 499 g/mol. The summed E-state index contributed by atoms with van der Waals surface area (Å²) in [7, 11) is 1.65. The van der Waals surface area contributed by atoms with Crippen molar-refractivity contribution < 1.29 is 33.0 Å². The van der Waals surface area contributed by atoms with Gasteiger partial charge in [0.1, 0.15) is 18.8 Å². The number of halogens is 1. The molecule has 1 spiro atoms. The van der Waals surface area contributed by atoms with Crippen LogP contribution < -0.4 is 16.2 Å². The lowest BCUT2D eigenvalue weighted by Crippen LogP contribution is -2.59. The second-order valence-corrected chi connectivity index (χ2v) is 10.8. The highest BCUT2D eigenvalue weighted by Crippen LogP contribution is 2.52. The Morgan fingerprint density at radius 3 is 2.29 bits per heavy atom. The van der Waals surface area contributed by atoms with Crippen LogP contribution in [0.3, 0.4) is 0 Å². The standard InChI is InChI=1S/C25H42FN3O6/c1-16(2)11-13-33-24(3,4)22-21(32-5)19(10-12-25(22)15-34-25)35-23(31)29-18-8-6-17(7-9-18)28-20(30)14-27-26/h11,17-19,21-22,27H,6-10,12-15H2,1-5H3,(H,28,30)(H,29,31). The van der Waals surface area contributed by atoms with Gasteiger partial charge in [0.25, 0.3) is 0 Å². The fourth-order valence-corrected chi connectivity index (χ4v) is 5.65. The molecule has 0 aromatic carbocycles. The van der Waals surface area contributed by atoms with Gasteiger partial charge in [-0.25, -0.2) is 4.79 Å². The van der Waals surface area contributed by atoms with Crippen LogP contribution in [0.5, 0.6) is 0 Å². The SMILES string of the molecule is COC1C(OC(=O)NC2CCC(NC(=O)CNF)CC2)CCC2(CO2)C1C(C)(C)OCC=C(C)C. The molecule has 3 N–H and O–H groups in total. The molecule has 35 heavy (non-hydrogen) atoms. The smallest absolute Gasteiger partial charge is 0.407 e. The van der Waals surface area contributed by atoms with Crippen LogP contribution in [0, 0.1) is 5.92 Å². The van der Waals surface area contributed by atoms with Crippen molar-refractivity contribution in [2.45, 2.75) is 102 Å². The summed E-state index contributed by atoms with van der Waals surface area (Å²) in [5.41, 5.74) is 1.71. The summed E-state index contributed by atoms with van der Waals surface area (Å²) < 4.78 is 36.1. The second-order valence-electron chi connectivity index (χ2n) is 10.8. The number of carbonyl (C=O) groups excluding carboxylic acids is 2. The first-order valence-corrected chi connectivity index (χ1v) is 12.6. The molecule has 0 radical (unpaired) electrons. The molecule has 3 fully saturated rings. The highest BCUT2D eigenvalue weighted by atomic mass is 19.2. The van der Waals surface area contributed by atoms with Gasteiger partial charge in [-0.2, -0.15) is 0 Å². The molecule has 1 aliphatic heterocycles. The minimum Gasteiger partial charge on any atom is -0.443 e. The third kappa shape index (κ3) is 7.38. The molecule has 1 heterocycles. The lowest BCUT2D eigenvalue weighted by atomic mass is 9.68. The van der Waals surface area contributed by atoms with Crippen LogP contribution in [-0.4, -0.2) is 74.4 Å². The molecule has 4 unspecified atom stereocenters. The van der Waals surface area contributed by atoms with E-state index in [4.69, 9.17) is 18.9 Å². The molecule has 4 atom stereocenters. The zero-order valence-corrected chi connectivity index (χ0v) is 21.7. The molecule has 0 aromatic rings. The van der Waals surface area contributed by atoms with Crippen LogP contribution in [0.1, 0.15) is 66.2 Å². The van der Waals surface area contributed by atoms with E-state index < -0.39 is 17.8 Å². The van der Waals surface area contributed by atoms with Gasteiger partial charge in [-0.3, -0.25) is 4.79 Å². The van der Waals surface area contributed by atoms with E-state index in [1.54, 1.807) is 7.11 Å². The maximum absolute atomic E-state index is 12.8. The maximum Gasteiger partial charge on any atom is 0.407 e. The van der Waals surface area contributed by atoms with Gasteiger partial charge in [0.2, 0.25) is 5.91 Å². The highest BCUT2D eigenvalue weighted by molar-refractivity contribution is 5.78. The van der Waals surface area contributed by atoms with E-state index in [9.17, 15) is 14.1 Å². The summed E-state index contributed by atoms with van der Waals surface area (Å²) in [5, 5.41) is 5.77. The largest absolute Gasteiger partial charge is 0.443 e. The van der Waals surface area contributed by atoms with E-state index in [1.807, 2.05) is 19.9 Å². The van der Waals surface area contributed by atoms with Gasteiger partial charge < -0.3 is 29.6 Å². The van der Waals surface area contributed by atoms with Crippen LogP contribution >= 0.6 is 0 Å².